The third kappa shape index (κ3) is 6.01. The van der Waals surface area contributed by atoms with Gasteiger partial charge in [-0.1, -0.05) is 0 Å². The number of rotatable bonds is 8. The van der Waals surface area contributed by atoms with Gasteiger partial charge < -0.3 is 29.9 Å². The molecule has 3 amide bonds. The molecule has 2 aliphatic heterocycles. The summed E-state index contributed by atoms with van der Waals surface area (Å²) in [6.45, 7) is 4.72. The zero-order valence-electron chi connectivity index (χ0n) is 18.2. The van der Waals surface area contributed by atoms with Crippen LogP contribution in [0, 0.1) is 0 Å². The van der Waals surface area contributed by atoms with Crippen LogP contribution in [-0.2, 0) is 4.79 Å². The summed E-state index contributed by atoms with van der Waals surface area (Å²) < 4.78 is 10.6. The molecule has 1 atom stereocenters. The average molecular weight is 420 g/mol. The lowest BCUT2D eigenvalue weighted by Gasteiger charge is -2.19. The summed E-state index contributed by atoms with van der Waals surface area (Å²) in [5.41, 5.74) is 0.739. The number of quaternary nitrogens is 1. The Labute approximate surface area is 178 Å². The molecule has 8 nitrogen and oxygen atoms in total. The number of carbonyl (C=O) groups is 2. The predicted molar refractivity (Wildman–Crippen MR) is 115 cm³/mol. The van der Waals surface area contributed by atoms with Crippen LogP contribution >= 0.6 is 0 Å². The number of nitrogens with zero attached hydrogens (tertiary/aromatic N) is 1. The van der Waals surface area contributed by atoms with Crippen LogP contribution < -0.4 is 29.9 Å². The molecule has 2 saturated heterocycles. The minimum Gasteiger partial charge on any atom is -0.493 e. The molecule has 2 heterocycles. The van der Waals surface area contributed by atoms with Crippen molar-refractivity contribution in [2.45, 2.75) is 44.6 Å². The predicted octanol–water partition coefficient (Wildman–Crippen LogP) is 0.957. The first-order valence-electron chi connectivity index (χ1n) is 11.0. The molecule has 3 rings (SSSR count). The van der Waals surface area contributed by atoms with E-state index in [1.807, 2.05) is 6.07 Å². The van der Waals surface area contributed by atoms with Crippen molar-refractivity contribution in [2.75, 3.05) is 51.8 Å². The van der Waals surface area contributed by atoms with Gasteiger partial charge in [-0.05, 0) is 37.8 Å². The molecule has 0 aromatic heterocycles. The fraction of sp³-hybridized carbons (Fsp3) is 0.636. The van der Waals surface area contributed by atoms with Crippen LogP contribution in [0.25, 0.3) is 0 Å². The Morgan fingerprint density at radius 2 is 1.87 bits per heavy atom. The standard InChI is InChI=1S/C22H34N4O4/c1-29-19-9-8-18(15-20(19)30-2)26-16-17(14-21(26)27)24-22(28)23-10-7-13-25-11-5-3-4-6-12-25/h8-9,15,17H,3-7,10-14,16H2,1-2H3,(H2,23,24,28)/p+1/t17-/m0/s1. The maximum absolute atomic E-state index is 12.5. The van der Waals surface area contributed by atoms with Crippen LogP contribution in [0.2, 0.25) is 0 Å². The number of nitrogens with one attached hydrogen (secondary N) is 3. The second-order valence-corrected chi connectivity index (χ2v) is 8.11. The van der Waals surface area contributed by atoms with Crippen LogP contribution in [0.3, 0.4) is 0 Å². The highest BCUT2D eigenvalue weighted by Crippen LogP contribution is 2.33. The monoisotopic (exact) mass is 419 g/mol. The van der Waals surface area contributed by atoms with Gasteiger partial charge in [0.05, 0.1) is 39.9 Å². The summed E-state index contributed by atoms with van der Waals surface area (Å²) in [6.07, 6.45) is 6.60. The summed E-state index contributed by atoms with van der Waals surface area (Å²) in [4.78, 5) is 28.0. The molecular formula is C22H35N4O4+. The number of ether oxygens (including phenoxy) is 2. The van der Waals surface area contributed by atoms with Crippen LogP contribution in [0.5, 0.6) is 11.5 Å². The summed E-state index contributed by atoms with van der Waals surface area (Å²) in [7, 11) is 3.14. The molecule has 0 aliphatic carbocycles. The van der Waals surface area contributed by atoms with Crippen molar-refractivity contribution in [3.05, 3.63) is 18.2 Å². The lowest BCUT2D eigenvalue weighted by molar-refractivity contribution is -0.899. The van der Waals surface area contributed by atoms with E-state index in [2.05, 4.69) is 10.6 Å². The van der Waals surface area contributed by atoms with Crippen LogP contribution in [-0.4, -0.2) is 64.9 Å². The first-order valence-corrected chi connectivity index (χ1v) is 11.0. The number of urea groups is 1. The van der Waals surface area contributed by atoms with Gasteiger partial charge in [0.1, 0.15) is 0 Å². The van der Waals surface area contributed by atoms with E-state index in [0.29, 0.717) is 31.0 Å². The average Bonchev–Trinajstić information content (AvgIpc) is 2.94. The zero-order valence-corrected chi connectivity index (χ0v) is 18.2. The Morgan fingerprint density at radius 1 is 1.13 bits per heavy atom. The lowest BCUT2D eigenvalue weighted by atomic mass is 10.2. The Morgan fingerprint density at radius 3 is 2.57 bits per heavy atom. The Bertz CT molecular complexity index is 719. The molecule has 8 heteroatoms. The quantitative estimate of drug-likeness (QED) is 0.548. The Balaban J connectivity index is 1.42. The van der Waals surface area contributed by atoms with Crippen molar-refractivity contribution in [1.29, 1.82) is 0 Å². The van der Waals surface area contributed by atoms with Gasteiger partial charge in [0.25, 0.3) is 0 Å². The molecule has 0 spiro atoms. The van der Waals surface area contributed by atoms with Gasteiger partial charge in [-0.2, -0.15) is 0 Å². The van der Waals surface area contributed by atoms with Gasteiger partial charge in [0.2, 0.25) is 5.91 Å². The molecule has 2 fully saturated rings. The van der Waals surface area contributed by atoms with Crippen molar-refractivity contribution < 1.29 is 24.0 Å². The van der Waals surface area contributed by atoms with Gasteiger partial charge in [0, 0.05) is 37.7 Å². The molecule has 30 heavy (non-hydrogen) atoms. The van der Waals surface area contributed by atoms with Crippen molar-refractivity contribution >= 4 is 17.6 Å². The van der Waals surface area contributed by atoms with E-state index >= 15 is 0 Å². The highest BCUT2D eigenvalue weighted by atomic mass is 16.5. The molecule has 166 valence electrons. The SMILES string of the molecule is COc1ccc(N2C[C@@H](NC(=O)NCCC[NH+]3CCCCCC3)CC2=O)cc1OC. The number of methoxy groups -OCH3 is 2. The zero-order chi connectivity index (χ0) is 21.3. The molecule has 3 N–H and O–H groups in total. The van der Waals surface area contributed by atoms with Gasteiger partial charge in [-0.3, -0.25) is 4.79 Å². The van der Waals surface area contributed by atoms with Gasteiger partial charge in [0.15, 0.2) is 11.5 Å². The molecule has 0 radical (unpaired) electrons. The normalized spacial score (nSPS) is 20.0. The minimum atomic E-state index is -0.207. The molecule has 0 unspecified atom stereocenters. The topological polar surface area (TPSA) is 84.3 Å². The van der Waals surface area contributed by atoms with E-state index in [0.717, 1.165) is 18.7 Å². The number of anilines is 1. The maximum atomic E-state index is 12.5. The Hall–Kier alpha value is -2.48. The highest BCUT2D eigenvalue weighted by Gasteiger charge is 2.32. The summed E-state index contributed by atoms with van der Waals surface area (Å²) in [6, 6.07) is 4.98. The third-order valence-corrected chi connectivity index (χ3v) is 5.94. The first-order chi connectivity index (χ1) is 14.6. The van der Waals surface area contributed by atoms with Crippen molar-refractivity contribution in [3.8, 4) is 11.5 Å². The molecule has 2 aliphatic rings. The van der Waals surface area contributed by atoms with Crippen molar-refractivity contribution in [1.82, 2.24) is 10.6 Å². The second kappa shape index (κ2) is 11.1. The van der Waals surface area contributed by atoms with Crippen molar-refractivity contribution in [3.63, 3.8) is 0 Å². The fourth-order valence-corrected chi connectivity index (χ4v) is 4.30. The molecule has 0 saturated carbocycles. The second-order valence-electron chi connectivity index (χ2n) is 8.11. The summed E-state index contributed by atoms with van der Waals surface area (Å²) in [5, 5.41) is 5.87. The maximum Gasteiger partial charge on any atom is 0.315 e. The van der Waals surface area contributed by atoms with Crippen LogP contribution in [0.4, 0.5) is 10.5 Å². The highest BCUT2D eigenvalue weighted by molar-refractivity contribution is 5.97. The number of hydrogen-bond donors (Lipinski definition) is 3. The lowest BCUT2D eigenvalue weighted by Crippen LogP contribution is -3.11. The van der Waals surface area contributed by atoms with Crippen LogP contribution in [0.15, 0.2) is 18.2 Å². The van der Waals surface area contributed by atoms with E-state index < -0.39 is 0 Å². The number of benzene rings is 1. The van der Waals surface area contributed by atoms with Gasteiger partial charge in [-0.15, -0.1) is 0 Å². The van der Waals surface area contributed by atoms with E-state index in [1.54, 1.807) is 36.2 Å². The number of amides is 3. The molecule has 1 aromatic rings. The number of carbonyl (C=O) groups excluding carboxylic acids is 2. The summed E-state index contributed by atoms with van der Waals surface area (Å²) in [5.74, 6) is 1.17. The number of hydrogen-bond acceptors (Lipinski definition) is 4. The Kier molecular flexibility index (Phi) is 8.19. The molecular weight excluding hydrogens is 384 g/mol. The number of likely N-dealkylation sites (tertiary alicyclic amines) is 1. The van der Waals surface area contributed by atoms with E-state index in [4.69, 9.17) is 9.47 Å². The van der Waals surface area contributed by atoms with E-state index in [-0.39, 0.29) is 18.0 Å². The van der Waals surface area contributed by atoms with Crippen molar-refractivity contribution in [2.24, 2.45) is 0 Å². The minimum absolute atomic E-state index is 0.0164. The fourth-order valence-electron chi connectivity index (χ4n) is 4.30. The van der Waals surface area contributed by atoms with Crippen LogP contribution in [0.1, 0.15) is 38.5 Å². The van der Waals surface area contributed by atoms with E-state index in [1.165, 1.54) is 38.8 Å². The molecule has 0 bridgehead atoms. The largest absolute Gasteiger partial charge is 0.493 e. The third-order valence-electron chi connectivity index (χ3n) is 5.94. The van der Waals surface area contributed by atoms with Gasteiger partial charge >= 0.3 is 6.03 Å². The van der Waals surface area contributed by atoms with Gasteiger partial charge in [-0.25, -0.2) is 4.79 Å². The van der Waals surface area contributed by atoms with E-state index in [9.17, 15) is 9.59 Å². The smallest absolute Gasteiger partial charge is 0.315 e. The molecule has 1 aromatic carbocycles. The summed E-state index contributed by atoms with van der Waals surface area (Å²) >= 11 is 0. The first kappa shape index (κ1) is 22.2.